The van der Waals surface area contributed by atoms with Crippen LogP contribution in [0.15, 0.2) is 67.0 Å². The molecule has 0 spiro atoms. The van der Waals surface area contributed by atoms with Gasteiger partial charge in [-0.15, -0.1) is 0 Å². The van der Waals surface area contributed by atoms with Crippen molar-refractivity contribution >= 4 is 10.8 Å². The number of pyridine rings is 2. The van der Waals surface area contributed by atoms with E-state index in [0.29, 0.717) is 39.8 Å². The van der Waals surface area contributed by atoms with Crippen molar-refractivity contribution in [1.29, 1.82) is 0 Å². The Morgan fingerprint density at radius 2 is 1.53 bits per heavy atom. The van der Waals surface area contributed by atoms with E-state index in [1.54, 1.807) is 32.7 Å². The first-order chi connectivity index (χ1) is 14.7. The van der Waals surface area contributed by atoms with Gasteiger partial charge in [0.15, 0.2) is 0 Å². The molecule has 0 aliphatic carbocycles. The van der Waals surface area contributed by atoms with Crippen molar-refractivity contribution in [3.05, 3.63) is 78.1 Å². The second-order valence-corrected chi connectivity index (χ2v) is 6.70. The SMILES string of the molecule is COc1ncccc1-c1cnc(OC)c(C(O)c2ccc3ccccc3c2)c1OC. The number of aliphatic hydroxyl groups excluding tert-OH is 1. The van der Waals surface area contributed by atoms with Crippen molar-refractivity contribution < 1.29 is 19.3 Å². The van der Waals surface area contributed by atoms with Gasteiger partial charge in [-0.05, 0) is 34.5 Å². The predicted octanol–water partition coefficient (Wildman–Crippen LogP) is 4.40. The van der Waals surface area contributed by atoms with Crippen molar-refractivity contribution in [2.45, 2.75) is 6.10 Å². The van der Waals surface area contributed by atoms with Crippen LogP contribution in [0, 0.1) is 0 Å². The summed E-state index contributed by atoms with van der Waals surface area (Å²) in [7, 11) is 4.63. The largest absolute Gasteiger partial charge is 0.495 e. The second-order valence-electron chi connectivity index (χ2n) is 6.70. The minimum Gasteiger partial charge on any atom is -0.495 e. The Bertz CT molecular complexity index is 1190. The summed E-state index contributed by atoms with van der Waals surface area (Å²) in [5.74, 6) is 1.18. The number of benzene rings is 2. The third-order valence-electron chi connectivity index (χ3n) is 5.05. The van der Waals surface area contributed by atoms with Crippen LogP contribution < -0.4 is 14.2 Å². The van der Waals surface area contributed by atoms with Crippen LogP contribution in [0.5, 0.6) is 17.5 Å². The van der Waals surface area contributed by atoms with E-state index in [2.05, 4.69) is 9.97 Å². The maximum Gasteiger partial charge on any atom is 0.223 e. The van der Waals surface area contributed by atoms with Gasteiger partial charge in [-0.25, -0.2) is 9.97 Å². The fourth-order valence-electron chi connectivity index (χ4n) is 3.61. The molecule has 1 atom stereocenters. The summed E-state index contributed by atoms with van der Waals surface area (Å²) in [4.78, 5) is 8.68. The lowest BCUT2D eigenvalue weighted by Gasteiger charge is -2.21. The van der Waals surface area contributed by atoms with Gasteiger partial charge in [-0.3, -0.25) is 0 Å². The number of hydrogen-bond donors (Lipinski definition) is 1. The van der Waals surface area contributed by atoms with Gasteiger partial charge in [0, 0.05) is 23.5 Å². The van der Waals surface area contributed by atoms with Crippen molar-refractivity contribution in [2.24, 2.45) is 0 Å². The molecule has 0 radical (unpaired) electrons. The highest BCUT2D eigenvalue weighted by atomic mass is 16.5. The number of aromatic nitrogens is 2. The minimum atomic E-state index is -1.00. The number of fused-ring (bicyclic) bond motifs is 1. The Labute approximate surface area is 174 Å². The van der Waals surface area contributed by atoms with Gasteiger partial charge in [0.05, 0.1) is 26.9 Å². The van der Waals surface area contributed by atoms with Crippen molar-refractivity contribution in [3.8, 4) is 28.6 Å². The van der Waals surface area contributed by atoms with Gasteiger partial charge in [0.2, 0.25) is 11.8 Å². The molecule has 4 aromatic rings. The number of nitrogens with zero attached hydrogens (tertiary/aromatic N) is 2. The molecule has 2 aromatic carbocycles. The Morgan fingerprint density at radius 1 is 0.767 bits per heavy atom. The molecule has 0 aliphatic heterocycles. The van der Waals surface area contributed by atoms with E-state index >= 15 is 0 Å². The van der Waals surface area contributed by atoms with Crippen molar-refractivity contribution in [2.75, 3.05) is 21.3 Å². The third kappa shape index (κ3) is 3.42. The van der Waals surface area contributed by atoms with E-state index in [4.69, 9.17) is 14.2 Å². The predicted molar refractivity (Wildman–Crippen MR) is 115 cm³/mol. The van der Waals surface area contributed by atoms with Crippen LogP contribution in [0.3, 0.4) is 0 Å². The number of aliphatic hydroxyl groups is 1. The first kappa shape index (κ1) is 19.7. The van der Waals surface area contributed by atoms with E-state index in [-0.39, 0.29) is 0 Å². The maximum atomic E-state index is 11.3. The monoisotopic (exact) mass is 402 g/mol. The van der Waals surface area contributed by atoms with E-state index in [0.717, 1.165) is 10.8 Å². The van der Waals surface area contributed by atoms with Crippen LogP contribution >= 0.6 is 0 Å². The molecular formula is C24H22N2O4. The molecular weight excluding hydrogens is 380 g/mol. The highest BCUT2D eigenvalue weighted by molar-refractivity contribution is 5.83. The Morgan fingerprint density at radius 3 is 2.27 bits per heavy atom. The van der Waals surface area contributed by atoms with E-state index < -0.39 is 6.10 Å². The number of hydrogen-bond acceptors (Lipinski definition) is 6. The smallest absolute Gasteiger partial charge is 0.223 e. The summed E-state index contributed by atoms with van der Waals surface area (Å²) < 4.78 is 16.6. The Balaban J connectivity index is 1.91. The topological polar surface area (TPSA) is 73.7 Å². The van der Waals surface area contributed by atoms with Crippen LogP contribution in [-0.4, -0.2) is 36.4 Å². The highest BCUT2D eigenvalue weighted by Crippen LogP contribution is 2.44. The molecule has 6 nitrogen and oxygen atoms in total. The molecule has 0 amide bonds. The molecule has 152 valence electrons. The summed E-state index contributed by atoms with van der Waals surface area (Å²) in [6.07, 6.45) is 2.28. The average Bonchev–Trinajstić information content (AvgIpc) is 2.82. The Kier molecular flexibility index (Phi) is 5.50. The third-order valence-corrected chi connectivity index (χ3v) is 5.05. The summed E-state index contributed by atoms with van der Waals surface area (Å²) in [6, 6.07) is 17.5. The van der Waals surface area contributed by atoms with Crippen molar-refractivity contribution in [3.63, 3.8) is 0 Å². The zero-order valence-corrected chi connectivity index (χ0v) is 17.0. The van der Waals surface area contributed by atoms with Crippen LogP contribution in [0.25, 0.3) is 21.9 Å². The maximum absolute atomic E-state index is 11.3. The van der Waals surface area contributed by atoms with Crippen LogP contribution in [0.4, 0.5) is 0 Å². The molecule has 0 aliphatic rings. The summed E-state index contributed by atoms with van der Waals surface area (Å²) in [5.41, 5.74) is 2.51. The molecule has 0 bridgehead atoms. The summed E-state index contributed by atoms with van der Waals surface area (Å²) >= 11 is 0. The van der Waals surface area contributed by atoms with Crippen LogP contribution in [0.1, 0.15) is 17.2 Å². The summed E-state index contributed by atoms with van der Waals surface area (Å²) in [6.45, 7) is 0. The second kappa shape index (κ2) is 8.39. The van der Waals surface area contributed by atoms with Gasteiger partial charge in [0.1, 0.15) is 11.9 Å². The minimum absolute atomic E-state index is 0.291. The molecule has 1 N–H and O–H groups in total. The molecule has 30 heavy (non-hydrogen) atoms. The fraction of sp³-hybridized carbons (Fsp3) is 0.167. The van der Waals surface area contributed by atoms with E-state index in [1.807, 2.05) is 48.5 Å². The fourth-order valence-corrected chi connectivity index (χ4v) is 3.61. The summed E-state index contributed by atoms with van der Waals surface area (Å²) in [5, 5.41) is 13.5. The quantitative estimate of drug-likeness (QED) is 0.515. The number of methoxy groups -OCH3 is 3. The lowest BCUT2D eigenvalue weighted by molar-refractivity contribution is 0.207. The molecule has 6 heteroatoms. The van der Waals surface area contributed by atoms with Crippen LogP contribution in [0.2, 0.25) is 0 Å². The van der Waals surface area contributed by atoms with E-state index in [1.165, 1.54) is 7.11 Å². The van der Waals surface area contributed by atoms with Crippen LogP contribution in [-0.2, 0) is 0 Å². The van der Waals surface area contributed by atoms with E-state index in [9.17, 15) is 5.11 Å². The van der Waals surface area contributed by atoms with Gasteiger partial charge in [-0.1, -0.05) is 36.4 Å². The van der Waals surface area contributed by atoms with Crippen molar-refractivity contribution in [1.82, 2.24) is 9.97 Å². The molecule has 2 aromatic heterocycles. The zero-order valence-electron chi connectivity index (χ0n) is 17.0. The lowest BCUT2D eigenvalue weighted by atomic mass is 9.96. The molecule has 2 heterocycles. The molecule has 0 saturated carbocycles. The first-order valence-electron chi connectivity index (χ1n) is 9.45. The standard InChI is InChI=1S/C24H22N2O4/c1-28-22-19(18-9-6-12-25-23(18)29-2)14-26-24(30-3)20(22)21(27)17-11-10-15-7-4-5-8-16(15)13-17/h4-14,21,27H,1-3H3. The highest BCUT2D eigenvalue weighted by Gasteiger charge is 2.26. The number of rotatable bonds is 6. The average molecular weight is 402 g/mol. The molecule has 0 saturated heterocycles. The van der Waals surface area contributed by atoms with Gasteiger partial charge < -0.3 is 19.3 Å². The number of ether oxygens (including phenoxy) is 3. The first-order valence-corrected chi connectivity index (χ1v) is 9.45. The molecule has 4 rings (SSSR count). The lowest BCUT2D eigenvalue weighted by Crippen LogP contribution is -2.08. The zero-order chi connectivity index (χ0) is 21.1. The molecule has 1 unspecified atom stereocenters. The Hall–Kier alpha value is -3.64. The van der Waals surface area contributed by atoms with Gasteiger partial charge in [0.25, 0.3) is 0 Å². The van der Waals surface area contributed by atoms with Gasteiger partial charge in [-0.2, -0.15) is 0 Å². The molecule has 0 fully saturated rings. The van der Waals surface area contributed by atoms with Gasteiger partial charge >= 0.3 is 0 Å². The normalized spacial score (nSPS) is 11.9.